The molecular formula is C27H38N2O3. The number of fused-ring (bicyclic) bond motifs is 2. The first-order chi connectivity index (χ1) is 15.7. The molecule has 1 spiro atoms. The lowest BCUT2D eigenvalue weighted by Crippen LogP contribution is -2.51. The molecule has 5 rings (SSSR count). The minimum atomic E-state index is -0.325. The summed E-state index contributed by atoms with van der Waals surface area (Å²) in [6, 6.07) is 8.26. The Kier molecular flexibility index (Phi) is 6.43. The monoisotopic (exact) mass is 438 g/mol. The van der Waals surface area contributed by atoms with Gasteiger partial charge in [-0.1, -0.05) is 43.9 Å². The highest BCUT2D eigenvalue weighted by Crippen LogP contribution is 2.56. The molecule has 2 saturated carbocycles. The summed E-state index contributed by atoms with van der Waals surface area (Å²) in [6.45, 7) is 2.51. The van der Waals surface area contributed by atoms with Gasteiger partial charge in [-0.15, -0.1) is 0 Å². The van der Waals surface area contributed by atoms with Gasteiger partial charge in [0.15, 0.2) is 0 Å². The molecule has 2 unspecified atom stereocenters. The van der Waals surface area contributed by atoms with Crippen LogP contribution in [0.4, 0.5) is 0 Å². The van der Waals surface area contributed by atoms with Crippen molar-refractivity contribution in [3.05, 3.63) is 29.8 Å². The highest BCUT2D eigenvalue weighted by molar-refractivity contribution is 5.85. The van der Waals surface area contributed by atoms with Gasteiger partial charge >= 0.3 is 0 Å². The van der Waals surface area contributed by atoms with Crippen molar-refractivity contribution in [1.82, 2.24) is 10.2 Å². The zero-order valence-corrected chi connectivity index (χ0v) is 19.3. The van der Waals surface area contributed by atoms with Crippen LogP contribution in [-0.2, 0) is 16.0 Å². The van der Waals surface area contributed by atoms with E-state index in [0.29, 0.717) is 36.8 Å². The first-order valence-electron chi connectivity index (χ1n) is 13.0. The Balaban J connectivity index is 1.19. The zero-order valence-electron chi connectivity index (χ0n) is 19.3. The Bertz CT molecular complexity index is 818. The molecule has 1 aromatic rings. The SMILES string of the molecule is O=C(C1C2CCCCC21)N1CCC2(CCCCCc3ccccc3OCCNC2=O)CC1. The summed E-state index contributed by atoms with van der Waals surface area (Å²) in [6.07, 6.45) is 11.9. The fourth-order valence-corrected chi connectivity index (χ4v) is 6.64. The number of carbonyl (C=O) groups is 2. The number of hydrogen-bond acceptors (Lipinski definition) is 3. The lowest BCUT2D eigenvalue weighted by Gasteiger charge is -2.41. The summed E-state index contributed by atoms with van der Waals surface area (Å²) in [5.74, 6) is 3.10. The van der Waals surface area contributed by atoms with Crippen LogP contribution in [0.5, 0.6) is 5.75 Å². The number of rotatable bonds is 1. The third kappa shape index (κ3) is 4.40. The van der Waals surface area contributed by atoms with Crippen molar-refractivity contribution in [3.8, 4) is 5.75 Å². The lowest BCUT2D eigenvalue weighted by atomic mass is 9.73. The molecule has 32 heavy (non-hydrogen) atoms. The predicted molar refractivity (Wildman–Crippen MR) is 124 cm³/mol. The number of para-hydroxylation sites is 1. The van der Waals surface area contributed by atoms with Crippen LogP contribution in [0.3, 0.4) is 0 Å². The number of ether oxygens (including phenoxy) is 1. The maximum atomic E-state index is 13.3. The largest absolute Gasteiger partial charge is 0.491 e. The number of benzene rings is 1. The number of piperidine rings is 1. The maximum Gasteiger partial charge on any atom is 0.226 e. The van der Waals surface area contributed by atoms with Crippen molar-refractivity contribution >= 4 is 11.8 Å². The van der Waals surface area contributed by atoms with Crippen molar-refractivity contribution in [3.63, 3.8) is 0 Å². The van der Waals surface area contributed by atoms with Gasteiger partial charge in [-0.25, -0.2) is 0 Å². The Hall–Kier alpha value is -2.04. The van der Waals surface area contributed by atoms with Gasteiger partial charge in [0.2, 0.25) is 11.8 Å². The number of carbonyl (C=O) groups excluding carboxylic acids is 2. The molecule has 174 valence electrons. The number of aryl methyl sites for hydroxylation is 1. The molecule has 2 aliphatic carbocycles. The van der Waals surface area contributed by atoms with Gasteiger partial charge in [0.25, 0.3) is 0 Å². The van der Waals surface area contributed by atoms with E-state index in [1.807, 2.05) is 12.1 Å². The molecule has 2 aliphatic heterocycles. The van der Waals surface area contributed by atoms with E-state index in [0.717, 1.165) is 63.8 Å². The number of likely N-dealkylation sites (tertiary alicyclic amines) is 1. The number of amides is 2. The lowest BCUT2D eigenvalue weighted by molar-refractivity contribution is -0.142. The predicted octanol–water partition coefficient (Wildman–Crippen LogP) is 4.34. The molecule has 1 N–H and O–H groups in total. The van der Waals surface area contributed by atoms with Crippen LogP contribution >= 0.6 is 0 Å². The van der Waals surface area contributed by atoms with Crippen molar-refractivity contribution in [2.24, 2.45) is 23.2 Å². The van der Waals surface area contributed by atoms with Crippen molar-refractivity contribution < 1.29 is 14.3 Å². The third-order valence-electron chi connectivity index (χ3n) is 8.67. The summed E-state index contributed by atoms with van der Waals surface area (Å²) < 4.78 is 5.99. The maximum absolute atomic E-state index is 13.3. The molecular weight excluding hydrogens is 400 g/mol. The summed E-state index contributed by atoms with van der Waals surface area (Å²) in [7, 11) is 0. The van der Waals surface area contributed by atoms with Crippen molar-refractivity contribution in [2.75, 3.05) is 26.2 Å². The Morgan fingerprint density at radius 2 is 1.72 bits per heavy atom. The highest BCUT2D eigenvalue weighted by atomic mass is 16.5. The summed E-state index contributed by atoms with van der Waals surface area (Å²) in [5.41, 5.74) is 0.939. The summed E-state index contributed by atoms with van der Waals surface area (Å²) >= 11 is 0. The Morgan fingerprint density at radius 3 is 2.50 bits per heavy atom. The molecule has 4 aliphatic rings. The molecule has 2 amide bonds. The number of hydrogen-bond donors (Lipinski definition) is 1. The van der Waals surface area contributed by atoms with Gasteiger partial charge < -0.3 is 15.0 Å². The average molecular weight is 439 g/mol. The smallest absolute Gasteiger partial charge is 0.226 e. The minimum Gasteiger partial charge on any atom is -0.491 e. The van der Waals surface area contributed by atoms with E-state index in [1.54, 1.807) is 0 Å². The molecule has 3 fully saturated rings. The molecule has 5 heteroatoms. The second kappa shape index (κ2) is 9.44. The molecule has 1 aromatic carbocycles. The van der Waals surface area contributed by atoms with E-state index in [1.165, 1.54) is 31.2 Å². The quantitative estimate of drug-likeness (QED) is 0.709. The summed E-state index contributed by atoms with van der Waals surface area (Å²) in [5, 5.41) is 3.16. The molecule has 0 bridgehead atoms. The van der Waals surface area contributed by atoms with Crippen LogP contribution in [-0.4, -0.2) is 43.0 Å². The van der Waals surface area contributed by atoms with E-state index in [-0.39, 0.29) is 11.3 Å². The van der Waals surface area contributed by atoms with Crippen molar-refractivity contribution in [1.29, 1.82) is 0 Å². The average Bonchev–Trinajstić information content (AvgIpc) is 3.56. The highest BCUT2D eigenvalue weighted by Gasteiger charge is 2.56. The second-order valence-electron chi connectivity index (χ2n) is 10.5. The first-order valence-corrected chi connectivity index (χ1v) is 13.0. The van der Waals surface area contributed by atoms with E-state index in [9.17, 15) is 9.59 Å². The number of nitrogens with one attached hydrogen (secondary N) is 1. The Labute approximate surface area is 192 Å². The van der Waals surface area contributed by atoms with Gasteiger partial charge in [0.05, 0.1) is 12.0 Å². The molecule has 1 saturated heterocycles. The molecule has 5 nitrogen and oxygen atoms in total. The minimum absolute atomic E-state index is 0.167. The van der Waals surface area contributed by atoms with Crippen LogP contribution in [0.2, 0.25) is 0 Å². The van der Waals surface area contributed by atoms with Gasteiger partial charge in [0, 0.05) is 19.0 Å². The zero-order chi connectivity index (χ0) is 22.0. The molecule has 2 atom stereocenters. The first kappa shape index (κ1) is 21.8. The number of nitrogens with zero attached hydrogens (tertiary/aromatic N) is 1. The van der Waals surface area contributed by atoms with Crippen LogP contribution in [0.25, 0.3) is 0 Å². The normalized spacial score (nSPS) is 30.4. The molecule has 0 aromatic heterocycles. The van der Waals surface area contributed by atoms with Crippen LogP contribution in [0.15, 0.2) is 24.3 Å². The second-order valence-corrected chi connectivity index (χ2v) is 10.5. The van der Waals surface area contributed by atoms with Gasteiger partial charge in [-0.2, -0.15) is 0 Å². The van der Waals surface area contributed by atoms with Gasteiger partial charge in [-0.05, 0) is 68.4 Å². The summed E-state index contributed by atoms with van der Waals surface area (Å²) in [4.78, 5) is 28.5. The molecule has 0 radical (unpaired) electrons. The fourth-order valence-electron chi connectivity index (χ4n) is 6.64. The van der Waals surface area contributed by atoms with E-state index in [4.69, 9.17) is 4.74 Å². The van der Waals surface area contributed by atoms with E-state index < -0.39 is 0 Å². The van der Waals surface area contributed by atoms with Gasteiger partial charge in [0.1, 0.15) is 12.4 Å². The van der Waals surface area contributed by atoms with E-state index in [2.05, 4.69) is 22.3 Å². The van der Waals surface area contributed by atoms with Crippen molar-refractivity contribution in [2.45, 2.75) is 70.6 Å². The van der Waals surface area contributed by atoms with Crippen LogP contribution in [0, 0.1) is 23.2 Å². The third-order valence-corrected chi connectivity index (χ3v) is 8.67. The van der Waals surface area contributed by atoms with E-state index >= 15 is 0 Å². The van der Waals surface area contributed by atoms with Gasteiger partial charge in [-0.3, -0.25) is 9.59 Å². The fraction of sp³-hybridized carbons (Fsp3) is 0.704. The van der Waals surface area contributed by atoms with Crippen LogP contribution in [0.1, 0.15) is 69.8 Å². The Morgan fingerprint density at radius 1 is 0.969 bits per heavy atom. The van der Waals surface area contributed by atoms with Crippen LogP contribution < -0.4 is 10.1 Å². The molecule has 2 heterocycles. The topological polar surface area (TPSA) is 58.6 Å². The standard InChI is InChI=1S/C27H38N2O3/c30-25(24-21-10-4-5-11-22(21)24)29-17-14-27(15-18-29)13-7-1-2-8-20-9-3-6-12-23(20)32-19-16-28-26(27)31/h3,6,9,12,21-22,24H,1-2,4-5,7-8,10-11,13-19H2,(H,28,31).